The lowest BCUT2D eigenvalue weighted by atomic mass is 9.89. The van der Waals surface area contributed by atoms with Crippen LogP contribution in [0, 0.1) is 5.92 Å². The van der Waals surface area contributed by atoms with Crippen LogP contribution in [0.25, 0.3) is 0 Å². The van der Waals surface area contributed by atoms with E-state index in [1.165, 1.54) is 12.3 Å². The fourth-order valence-corrected chi connectivity index (χ4v) is 2.98. The molecule has 0 aromatic carbocycles. The highest BCUT2D eigenvalue weighted by Crippen LogP contribution is 2.35. The maximum absolute atomic E-state index is 11.8. The van der Waals surface area contributed by atoms with Gasteiger partial charge in [0, 0.05) is 0 Å². The number of rotatable bonds is 4. The zero-order chi connectivity index (χ0) is 18.1. The van der Waals surface area contributed by atoms with Crippen molar-refractivity contribution in [2.24, 2.45) is 5.92 Å². The van der Waals surface area contributed by atoms with Crippen molar-refractivity contribution in [2.75, 3.05) is 13.2 Å². The minimum absolute atomic E-state index is 0.114. The van der Waals surface area contributed by atoms with Crippen LogP contribution in [0.1, 0.15) is 0 Å². The fourth-order valence-electron chi connectivity index (χ4n) is 2.98. The predicted octanol–water partition coefficient (Wildman–Crippen LogP) is -1.67. The Kier molecular flexibility index (Phi) is 5.23. The molecule has 3 aliphatic heterocycles. The van der Waals surface area contributed by atoms with Crippen molar-refractivity contribution in [3.63, 3.8) is 0 Å². The van der Waals surface area contributed by atoms with Crippen LogP contribution in [0.4, 0.5) is 0 Å². The molecule has 3 aliphatic rings. The Hall–Kier alpha value is -1.75. The lowest BCUT2D eigenvalue weighted by molar-refractivity contribution is -0.336. The van der Waals surface area contributed by atoms with Gasteiger partial charge in [-0.15, -0.1) is 6.58 Å². The van der Waals surface area contributed by atoms with Crippen LogP contribution in [-0.4, -0.2) is 76.6 Å². The summed E-state index contributed by atoms with van der Waals surface area (Å²) in [7, 11) is 0. The van der Waals surface area contributed by atoms with E-state index in [0.29, 0.717) is 5.57 Å². The zero-order valence-corrected chi connectivity index (χ0v) is 13.2. The SMILES string of the molecule is C=C[C@H]1C2=CCOC(=O)C2=CO[C@@H]1O[C@H]1O[C@@H](CO)C(O)[C@@H](O)C1O. The van der Waals surface area contributed by atoms with Crippen LogP contribution in [0.2, 0.25) is 0 Å². The van der Waals surface area contributed by atoms with Crippen molar-refractivity contribution in [1.82, 2.24) is 0 Å². The van der Waals surface area contributed by atoms with Crippen LogP contribution >= 0.6 is 0 Å². The standard InChI is InChI=1S/C16H20O9/c1-2-7-8-3-4-22-14(21)9(8)6-23-15(7)25-16-13(20)12(19)11(18)10(5-17)24-16/h2-3,6-7,10-13,15-20H,1,4-5H2/t7-,10-,11?,12+,13?,15+,16+/m0/s1. The van der Waals surface area contributed by atoms with Crippen LogP contribution in [0.15, 0.2) is 36.1 Å². The van der Waals surface area contributed by atoms with Gasteiger partial charge in [-0.3, -0.25) is 0 Å². The summed E-state index contributed by atoms with van der Waals surface area (Å²) in [6.07, 6.45) is -3.61. The molecular weight excluding hydrogens is 336 g/mol. The van der Waals surface area contributed by atoms with E-state index in [9.17, 15) is 25.2 Å². The van der Waals surface area contributed by atoms with Gasteiger partial charge in [-0.2, -0.15) is 0 Å². The number of fused-ring (bicyclic) bond motifs is 1. The third kappa shape index (κ3) is 3.22. The van der Waals surface area contributed by atoms with Crippen LogP contribution in [-0.2, 0) is 23.7 Å². The average Bonchev–Trinajstić information content (AvgIpc) is 2.62. The number of ether oxygens (including phenoxy) is 4. The number of aliphatic hydroxyl groups is 4. The molecule has 0 aromatic heterocycles. The molecule has 0 aromatic rings. The van der Waals surface area contributed by atoms with Crippen molar-refractivity contribution in [3.05, 3.63) is 36.1 Å². The largest absolute Gasteiger partial charge is 0.471 e. The topological polar surface area (TPSA) is 135 Å². The second kappa shape index (κ2) is 7.24. The summed E-state index contributed by atoms with van der Waals surface area (Å²) in [6, 6.07) is 0. The highest BCUT2D eigenvalue weighted by Gasteiger charge is 2.46. The molecule has 4 N–H and O–H groups in total. The number of hydrogen-bond acceptors (Lipinski definition) is 9. The summed E-state index contributed by atoms with van der Waals surface area (Å²) in [5, 5.41) is 38.9. The Labute approximate surface area is 143 Å². The summed E-state index contributed by atoms with van der Waals surface area (Å²) in [5.41, 5.74) is 0.872. The molecule has 0 bridgehead atoms. The molecule has 0 amide bonds. The smallest absolute Gasteiger partial charge is 0.341 e. The van der Waals surface area contributed by atoms with E-state index in [1.54, 1.807) is 6.08 Å². The third-order valence-corrected chi connectivity index (χ3v) is 4.39. The van der Waals surface area contributed by atoms with E-state index in [2.05, 4.69) is 6.58 Å². The van der Waals surface area contributed by atoms with Gasteiger partial charge in [0.25, 0.3) is 0 Å². The molecule has 0 radical (unpaired) electrons. The molecule has 138 valence electrons. The predicted molar refractivity (Wildman–Crippen MR) is 80.5 cm³/mol. The first-order chi connectivity index (χ1) is 12.0. The second-order valence-electron chi connectivity index (χ2n) is 5.89. The molecule has 1 fully saturated rings. The summed E-state index contributed by atoms with van der Waals surface area (Å²) < 4.78 is 21.2. The summed E-state index contributed by atoms with van der Waals surface area (Å²) in [4.78, 5) is 11.8. The van der Waals surface area contributed by atoms with Crippen molar-refractivity contribution in [2.45, 2.75) is 37.0 Å². The molecule has 3 heterocycles. The molecule has 9 heteroatoms. The minimum atomic E-state index is -1.56. The zero-order valence-electron chi connectivity index (χ0n) is 13.2. The van der Waals surface area contributed by atoms with E-state index in [1.807, 2.05) is 0 Å². The molecule has 0 aliphatic carbocycles. The Morgan fingerprint density at radius 1 is 1.24 bits per heavy atom. The monoisotopic (exact) mass is 356 g/mol. The number of hydrogen-bond donors (Lipinski definition) is 4. The Bertz CT molecular complexity index is 596. The van der Waals surface area contributed by atoms with E-state index < -0.39 is 55.5 Å². The average molecular weight is 356 g/mol. The molecule has 2 unspecified atom stereocenters. The minimum Gasteiger partial charge on any atom is -0.471 e. The van der Waals surface area contributed by atoms with E-state index >= 15 is 0 Å². The molecule has 0 saturated carbocycles. The highest BCUT2D eigenvalue weighted by molar-refractivity contribution is 5.94. The quantitative estimate of drug-likeness (QED) is 0.344. The number of esters is 1. The maximum atomic E-state index is 11.8. The van der Waals surface area contributed by atoms with Gasteiger partial charge in [0.15, 0.2) is 6.29 Å². The normalized spacial score (nSPS) is 41.0. The van der Waals surface area contributed by atoms with Gasteiger partial charge in [-0.05, 0) is 11.6 Å². The molecule has 3 rings (SSSR count). The van der Waals surface area contributed by atoms with Crippen molar-refractivity contribution < 1.29 is 44.2 Å². The first-order valence-electron chi connectivity index (χ1n) is 7.79. The summed E-state index contributed by atoms with van der Waals surface area (Å²) >= 11 is 0. The number of aliphatic hydroxyl groups excluding tert-OH is 4. The van der Waals surface area contributed by atoms with Crippen LogP contribution < -0.4 is 0 Å². The Balaban J connectivity index is 1.78. The van der Waals surface area contributed by atoms with Gasteiger partial charge in [-0.1, -0.05) is 6.08 Å². The highest BCUT2D eigenvalue weighted by atomic mass is 16.8. The molecule has 9 nitrogen and oxygen atoms in total. The summed E-state index contributed by atoms with van der Waals surface area (Å²) in [5.74, 6) is -1.06. The first-order valence-corrected chi connectivity index (χ1v) is 7.79. The molecule has 25 heavy (non-hydrogen) atoms. The van der Waals surface area contributed by atoms with Crippen LogP contribution in [0.3, 0.4) is 0 Å². The number of carbonyl (C=O) groups is 1. The van der Waals surface area contributed by atoms with E-state index in [4.69, 9.17) is 18.9 Å². The van der Waals surface area contributed by atoms with Crippen molar-refractivity contribution >= 4 is 5.97 Å². The van der Waals surface area contributed by atoms with Gasteiger partial charge in [-0.25, -0.2) is 4.79 Å². The van der Waals surface area contributed by atoms with Crippen LogP contribution in [0.5, 0.6) is 0 Å². The first kappa shape index (κ1) is 18.1. The number of cyclic esters (lactones) is 1. The van der Waals surface area contributed by atoms with Gasteiger partial charge in [0.2, 0.25) is 6.29 Å². The maximum Gasteiger partial charge on any atom is 0.341 e. The molecule has 0 spiro atoms. The third-order valence-electron chi connectivity index (χ3n) is 4.39. The lowest BCUT2D eigenvalue weighted by Crippen LogP contribution is -2.60. The van der Waals surface area contributed by atoms with Gasteiger partial charge in [0.05, 0.1) is 18.1 Å². The van der Waals surface area contributed by atoms with Gasteiger partial charge >= 0.3 is 5.97 Å². The van der Waals surface area contributed by atoms with E-state index in [0.717, 1.165) is 0 Å². The molecule has 7 atom stereocenters. The lowest BCUT2D eigenvalue weighted by Gasteiger charge is -2.42. The Morgan fingerprint density at radius 3 is 2.68 bits per heavy atom. The Morgan fingerprint density at radius 2 is 2.00 bits per heavy atom. The number of carbonyl (C=O) groups excluding carboxylic acids is 1. The summed E-state index contributed by atoms with van der Waals surface area (Å²) in [6.45, 7) is 3.25. The van der Waals surface area contributed by atoms with Gasteiger partial charge in [0.1, 0.15) is 37.3 Å². The van der Waals surface area contributed by atoms with Gasteiger partial charge < -0.3 is 39.4 Å². The van der Waals surface area contributed by atoms with Crippen molar-refractivity contribution in [1.29, 1.82) is 0 Å². The second-order valence-corrected chi connectivity index (χ2v) is 5.89. The fraction of sp³-hybridized carbons (Fsp3) is 0.562. The van der Waals surface area contributed by atoms with E-state index in [-0.39, 0.29) is 12.2 Å². The molecular formula is C16H20O9. The van der Waals surface area contributed by atoms with Crippen molar-refractivity contribution in [3.8, 4) is 0 Å². The molecule has 1 saturated heterocycles.